The topological polar surface area (TPSA) is 57.4 Å². The van der Waals surface area contributed by atoms with E-state index in [0.717, 1.165) is 0 Å². The third-order valence-electron chi connectivity index (χ3n) is 2.00. The second-order valence-corrected chi connectivity index (χ2v) is 4.25. The lowest BCUT2D eigenvalue weighted by molar-refractivity contribution is 0.204. The molecule has 1 aromatic rings. The smallest absolute Gasteiger partial charge is 0.189 e. The molecule has 0 amide bonds. The number of ether oxygens (including phenoxy) is 1. The van der Waals surface area contributed by atoms with Gasteiger partial charge in [-0.05, 0) is 36.6 Å². The fraction of sp³-hybridized carbons (Fsp3) is 0.273. The van der Waals surface area contributed by atoms with Crippen LogP contribution in [0.5, 0.6) is 0 Å². The highest BCUT2D eigenvalue weighted by Crippen LogP contribution is 2.11. The quantitative estimate of drug-likeness (QED) is 0.378. The van der Waals surface area contributed by atoms with E-state index in [-0.39, 0.29) is 10.9 Å². The van der Waals surface area contributed by atoms with Crippen LogP contribution in [0.4, 0.5) is 10.1 Å². The van der Waals surface area contributed by atoms with Gasteiger partial charge >= 0.3 is 0 Å². The van der Waals surface area contributed by atoms with Crippen molar-refractivity contribution >= 4 is 40.3 Å². The molecule has 1 rings (SSSR count). The van der Waals surface area contributed by atoms with Gasteiger partial charge in [0, 0.05) is 13.7 Å². The highest BCUT2D eigenvalue weighted by atomic mass is 32.1. The fourth-order valence-electron chi connectivity index (χ4n) is 1.14. The van der Waals surface area contributed by atoms with Crippen LogP contribution in [-0.4, -0.2) is 30.5 Å². The van der Waals surface area contributed by atoms with Gasteiger partial charge in [-0.2, -0.15) is 0 Å². The summed E-state index contributed by atoms with van der Waals surface area (Å²) in [5, 5.41) is 6.17. The van der Waals surface area contributed by atoms with Crippen molar-refractivity contribution in [3.8, 4) is 0 Å². The lowest BCUT2D eigenvalue weighted by Gasteiger charge is -2.14. The van der Waals surface area contributed by atoms with Crippen LogP contribution >= 0.6 is 24.4 Å². The first-order chi connectivity index (χ1) is 9.13. The first-order valence-corrected chi connectivity index (χ1v) is 6.29. The van der Waals surface area contributed by atoms with Crippen molar-refractivity contribution in [1.29, 1.82) is 0 Å². The molecule has 0 aromatic heterocycles. The molecule has 0 atom stereocenters. The number of nitrogens with one attached hydrogen (secondary N) is 4. The summed E-state index contributed by atoms with van der Waals surface area (Å²) in [6.07, 6.45) is 0. The van der Waals surface area contributed by atoms with Crippen LogP contribution in [-0.2, 0) is 4.74 Å². The predicted molar refractivity (Wildman–Crippen MR) is 81.4 cm³/mol. The van der Waals surface area contributed by atoms with Crippen molar-refractivity contribution in [3.05, 3.63) is 30.1 Å². The molecule has 0 fully saturated rings. The average molecular weight is 302 g/mol. The van der Waals surface area contributed by atoms with Gasteiger partial charge in [-0.1, -0.05) is 12.1 Å². The van der Waals surface area contributed by atoms with Gasteiger partial charge in [0.1, 0.15) is 5.82 Å². The van der Waals surface area contributed by atoms with Crippen LogP contribution in [0, 0.1) is 5.82 Å². The SMILES string of the molecule is COCCNC(=S)NNC(=S)Nc1ccccc1F. The van der Waals surface area contributed by atoms with Crippen LogP contribution in [0.3, 0.4) is 0 Å². The molecule has 0 saturated carbocycles. The summed E-state index contributed by atoms with van der Waals surface area (Å²) in [4.78, 5) is 0. The lowest BCUT2D eigenvalue weighted by Crippen LogP contribution is -2.48. The van der Waals surface area contributed by atoms with E-state index < -0.39 is 0 Å². The molecule has 0 aliphatic rings. The summed E-state index contributed by atoms with van der Waals surface area (Å²) in [7, 11) is 1.60. The Morgan fingerprint density at radius 2 is 1.89 bits per heavy atom. The molecule has 0 bridgehead atoms. The maximum Gasteiger partial charge on any atom is 0.189 e. The summed E-state index contributed by atoms with van der Waals surface area (Å²) in [5.41, 5.74) is 5.61. The number of para-hydroxylation sites is 1. The Labute approximate surface area is 121 Å². The van der Waals surface area contributed by atoms with E-state index in [1.807, 2.05) is 0 Å². The Balaban J connectivity index is 2.28. The van der Waals surface area contributed by atoms with Crippen molar-refractivity contribution in [2.75, 3.05) is 25.6 Å². The molecule has 4 N–H and O–H groups in total. The van der Waals surface area contributed by atoms with Gasteiger partial charge in [0.15, 0.2) is 10.2 Å². The summed E-state index contributed by atoms with van der Waals surface area (Å²) < 4.78 is 18.2. The number of thiocarbonyl (C=S) groups is 2. The molecular formula is C11H15FN4OS2. The van der Waals surface area contributed by atoms with Gasteiger partial charge in [-0.15, -0.1) is 0 Å². The fourth-order valence-corrected chi connectivity index (χ4v) is 1.45. The monoisotopic (exact) mass is 302 g/mol. The average Bonchev–Trinajstić information content (AvgIpc) is 2.39. The molecular weight excluding hydrogens is 287 g/mol. The molecule has 104 valence electrons. The van der Waals surface area contributed by atoms with E-state index >= 15 is 0 Å². The maximum atomic E-state index is 13.3. The molecule has 0 aliphatic carbocycles. The number of hydrazine groups is 1. The van der Waals surface area contributed by atoms with Crippen molar-refractivity contribution in [1.82, 2.24) is 16.2 Å². The maximum absolute atomic E-state index is 13.3. The molecule has 0 unspecified atom stereocenters. The zero-order valence-corrected chi connectivity index (χ0v) is 12.0. The van der Waals surface area contributed by atoms with Crippen molar-refractivity contribution in [2.45, 2.75) is 0 Å². The Bertz CT molecular complexity index is 444. The molecule has 8 heteroatoms. The van der Waals surface area contributed by atoms with E-state index in [0.29, 0.717) is 24.0 Å². The van der Waals surface area contributed by atoms with Gasteiger partial charge in [-0.3, -0.25) is 10.9 Å². The Morgan fingerprint density at radius 1 is 1.21 bits per heavy atom. The Morgan fingerprint density at radius 3 is 2.58 bits per heavy atom. The Hall–Kier alpha value is -1.51. The second-order valence-electron chi connectivity index (χ2n) is 3.43. The standard InChI is InChI=1S/C11H15FN4OS2/c1-17-7-6-13-10(18)15-16-11(19)14-9-5-3-2-4-8(9)12/h2-5H,6-7H2,1H3,(H2,13,15,18)(H2,14,16,19). The number of rotatable bonds is 4. The third kappa shape index (κ3) is 6.27. The number of halogens is 1. The van der Waals surface area contributed by atoms with Gasteiger partial charge in [0.2, 0.25) is 0 Å². The van der Waals surface area contributed by atoms with Gasteiger partial charge < -0.3 is 15.4 Å². The van der Waals surface area contributed by atoms with E-state index in [4.69, 9.17) is 29.2 Å². The molecule has 19 heavy (non-hydrogen) atoms. The number of methoxy groups -OCH3 is 1. The zero-order chi connectivity index (χ0) is 14.1. The molecule has 0 saturated heterocycles. The highest BCUT2D eigenvalue weighted by molar-refractivity contribution is 7.80. The van der Waals surface area contributed by atoms with Crippen LogP contribution in [0.1, 0.15) is 0 Å². The molecule has 0 radical (unpaired) electrons. The van der Waals surface area contributed by atoms with Crippen molar-refractivity contribution in [3.63, 3.8) is 0 Å². The van der Waals surface area contributed by atoms with Crippen LogP contribution < -0.4 is 21.5 Å². The lowest BCUT2D eigenvalue weighted by atomic mass is 10.3. The van der Waals surface area contributed by atoms with Crippen molar-refractivity contribution in [2.24, 2.45) is 0 Å². The van der Waals surface area contributed by atoms with E-state index in [1.165, 1.54) is 6.07 Å². The number of benzene rings is 1. The van der Waals surface area contributed by atoms with E-state index in [9.17, 15) is 4.39 Å². The minimum absolute atomic E-state index is 0.209. The number of anilines is 1. The predicted octanol–water partition coefficient (Wildman–Crippen LogP) is 1.14. The summed E-state index contributed by atoms with van der Waals surface area (Å²) >= 11 is 9.96. The molecule has 0 aliphatic heterocycles. The molecule has 0 spiro atoms. The number of hydrogen-bond donors (Lipinski definition) is 4. The minimum Gasteiger partial charge on any atom is -0.383 e. The van der Waals surface area contributed by atoms with E-state index in [2.05, 4.69) is 21.5 Å². The third-order valence-corrected chi connectivity index (χ3v) is 2.45. The summed E-state index contributed by atoms with van der Waals surface area (Å²) in [6.45, 7) is 1.12. The molecule has 5 nitrogen and oxygen atoms in total. The summed E-state index contributed by atoms with van der Waals surface area (Å²) in [6, 6.07) is 6.23. The Kier molecular flexibility index (Phi) is 7.01. The molecule has 1 aromatic carbocycles. The normalized spacial score (nSPS) is 9.58. The molecule has 0 heterocycles. The minimum atomic E-state index is -0.382. The van der Waals surface area contributed by atoms with Gasteiger partial charge in [0.25, 0.3) is 0 Å². The van der Waals surface area contributed by atoms with Crippen LogP contribution in [0.2, 0.25) is 0 Å². The first kappa shape index (κ1) is 15.5. The first-order valence-electron chi connectivity index (χ1n) is 5.48. The van der Waals surface area contributed by atoms with E-state index in [1.54, 1.807) is 25.3 Å². The van der Waals surface area contributed by atoms with Gasteiger partial charge in [-0.25, -0.2) is 4.39 Å². The highest BCUT2D eigenvalue weighted by Gasteiger charge is 2.02. The van der Waals surface area contributed by atoms with Crippen molar-refractivity contribution < 1.29 is 9.13 Å². The zero-order valence-electron chi connectivity index (χ0n) is 10.3. The largest absolute Gasteiger partial charge is 0.383 e. The van der Waals surface area contributed by atoms with Crippen LogP contribution in [0.25, 0.3) is 0 Å². The second kappa shape index (κ2) is 8.57. The number of hydrogen-bond acceptors (Lipinski definition) is 3. The van der Waals surface area contributed by atoms with Crippen LogP contribution in [0.15, 0.2) is 24.3 Å². The summed E-state index contributed by atoms with van der Waals surface area (Å²) in [5.74, 6) is -0.382. The van der Waals surface area contributed by atoms with Gasteiger partial charge in [0.05, 0.1) is 12.3 Å².